The average molecular weight is 265 g/mol. The zero-order valence-electron chi connectivity index (χ0n) is 12.7. The summed E-state index contributed by atoms with van der Waals surface area (Å²) in [6, 6.07) is 0.609. The SMILES string of the molecule is CCCc1nn(C)c(N2CCCC(N(C)C)C2)c1N. The Morgan fingerprint density at radius 2 is 2.16 bits per heavy atom. The lowest BCUT2D eigenvalue weighted by Gasteiger charge is -2.37. The highest BCUT2D eigenvalue weighted by Gasteiger charge is 2.26. The third-order valence-electron chi connectivity index (χ3n) is 4.04. The lowest BCUT2D eigenvalue weighted by Crippen LogP contribution is -2.45. The van der Waals surface area contributed by atoms with Gasteiger partial charge >= 0.3 is 0 Å². The molecule has 1 aliphatic rings. The first-order chi connectivity index (χ1) is 9.04. The number of hydrogen-bond donors (Lipinski definition) is 1. The lowest BCUT2D eigenvalue weighted by atomic mass is 10.0. The van der Waals surface area contributed by atoms with Crippen LogP contribution in [0.5, 0.6) is 0 Å². The van der Waals surface area contributed by atoms with E-state index in [0.717, 1.165) is 43.1 Å². The van der Waals surface area contributed by atoms with Crippen LogP contribution in [0.2, 0.25) is 0 Å². The first kappa shape index (κ1) is 14.2. The molecule has 1 saturated heterocycles. The summed E-state index contributed by atoms with van der Waals surface area (Å²) in [6.45, 7) is 4.29. The van der Waals surface area contributed by atoms with Gasteiger partial charge in [0.15, 0.2) is 0 Å². The highest BCUT2D eigenvalue weighted by molar-refractivity contribution is 5.66. The Kier molecular flexibility index (Phi) is 4.34. The minimum atomic E-state index is 0.609. The highest BCUT2D eigenvalue weighted by Crippen LogP contribution is 2.29. The van der Waals surface area contributed by atoms with E-state index in [4.69, 9.17) is 5.73 Å². The molecule has 0 spiro atoms. The summed E-state index contributed by atoms with van der Waals surface area (Å²) in [5.41, 5.74) is 8.23. The Morgan fingerprint density at radius 1 is 1.42 bits per heavy atom. The molecule has 1 fully saturated rings. The molecule has 5 nitrogen and oxygen atoms in total. The van der Waals surface area contributed by atoms with Gasteiger partial charge in [-0.3, -0.25) is 4.68 Å². The normalized spacial score (nSPS) is 20.3. The van der Waals surface area contributed by atoms with Gasteiger partial charge < -0.3 is 15.5 Å². The molecule has 0 aromatic carbocycles. The van der Waals surface area contributed by atoms with Crippen molar-refractivity contribution >= 4 is 11.5 Å². The predicted molar refractivity (Wildman–Crippen MR) is 80.5 cm³/mol. The van der Waals surface area contributed by atoms with Crippen LogP contribution in [0, 0.1) is 0 Å². The number of anilines is 2. The molecular formula is C14H27N5. The van der Waals surface area contributed by atoms with E-state index >= 15 is 0 Å². The van der Waals surface area contributed by atoms with Crippen molar-refractivity contribution in [1.29, 1.82) is 0 Å². The van der Waals surface area contributed by atoms with Gasteiger partial charge in [-0.05, 0) is 33.4 Å². The zero-order chi connectivity index (χ0) is 14.0. The number of rotatable bonds is 4. The topological polar surface area (TPSA) is 50.3 Å². The molecule has 0 amide bonds. The van der Waals surface area contributed by atoms with Crippen LogP contribution in [0.25, 0.3) is 0 Å². The molecule has 0 aliphatic carbocycles. The van der Waals surface area contributed by atoms with Crippen molar-refractivity contribution in [3.63, 3.8) is 0 Å². The number of hydrogen-bond acceptors (Lipinski definition) is 4. The molecule has 1 aliphatic heterocycles. The van der Waals surface area contributed by atoms with Crippen molar-refractivity contribution in [2.75, 3.05) is 37.8 Å². The minimum absolute atomic E-state index is 0.609. The summed E-state index contributed by atoms with van der Waals surface area (Å²) in [5.74, 6) is 1.11. The van der Waals surface area contributed by atoms with Crippen LogP contribution in [0.3, 0.4) is 0 Å². The van der Waals surface area contributed by atoms with Crippen molar-refractivity contribution in [2.24, 2.45) is 7.05 Å². The number of piperidine rings is 1. The van der Waals surface area contributed by atoms with Crippen LogP contribution in [-0.4, -0.2) is 47.9 Å². The molecular weight excluding hydrogens is 238 g/mol. The Balaban J connectivity index is 2.21. The van der Waals surface area contributed by atoms with Crippen molar-refractivity contribution in [3.8, 4) is 0 Å². The molecule has 108 valence electrons. The van der Waals surface area contributed by atoms with E-state index in [9.17, 15) is 0 Å². The van der Waals surface area contributed by atoms with Gasteiger partial charge in [0.25, 0.3) is 0 Å². The maximum atomic E-state index is 6.30. The molecule has 0 saturated carbocycles. The third kappa shape index (κ3) is 2.86. The van der Waals surface area contributed by atoms with Gasteiger partial charge in [-0.2, -0.15) is 5.10 Å². The van der Waals surface area contributed by atoms with Gasteiger partial charge in [-0.25, -0.2) is 0 Å². The number of nitrogens with two attached hydrogens (primary N) is 1. The van der Waals surface area contributed by atoms with Crippen LogP contribution in [0.15, 0.2) is 0 Å². The number of nitrogen functional groups attached to an aromatic ring is 1. The van der Waals surface area contributed by atoms with Gasteiger partial charge in [0.1, 0.15) is 5.82 Å². The number of aromatic nitrogens is 2. The largest absolute Gasteiger partial charge is 0.394 e. The summed E-state index contributed by atoms with van der Waals surface area (Å²) in [7, 11) is 6.32. The standard InChI is InChI=1S/C14H27N5/c1-5-7-12-13(15)14(18(4)16-12)19-9-6-8-11(10-19)17(2)3/h11H,5-10,15H2,1-4H3. The molecule has 1 atom stereocenters. The van der Waals surface area contributed by atoms with Crippen molar-refractivity contribution in [2.45, 2.75) is 38.6 Å². The van der Waals surface area contributed by atoms with Crippen LogP contribution in [0.1, 0.15) is 31.9 Å². The van der Waals surface area contributed by atoms with E-state index in [1.807, 2.05) is 11.7 Å². The number of nitrogens with zero attached hydrogens (tertiary/aromatic N) is 4. The van der Waals surface area contributed by atoms with E-state index in [0.29, 0.717) is 6.04 Å². The van der Waals surface area contributed by atoms with Gasteiger partial charge in [-0.1, -0.05) is 13.3 Å². The molecule has 2 N–H and O–H groups in total. The van der Waals surface area contributed by atoms with Crippen LogP contribution in [0.4, 0.5) is 11.5 Å². The molecule has 0 radical (unpaired) electrons. The Hall–Kier alpha value is -1.23. The van der Waals surface area contributed by atoms with E-state index in [1.165, 1.54) is 12.8 Å². The molecule has 19 heavy (non-hydrogen) atoms. The molecule has 1 aromatic rings. The Bertz CT molecular complexity index is 424. The molecule has 1 unspecified atom stereocenters. The second-order valence-corrected chi connectivity index (χ2v) is 5.76. The van der Waals surface area contributed by atoms with Crippen LogP contribution >= 0.6 is 0 Å². The average Bonchev–Trinajstić information content (AvgIpc) is 2.65. The van der Waals surface area contributed by atoms with Gasteiger partial charge in [0.2, 0.25) is 0 Å². The highest BCUT2D eigenvalue weighted by atomic mass is 15.4. The fraction of sp³-hybridized carbons (Fsp3) is 0.786. The summed E-state index contributed by atoms with van der Waals surface area (Å²) in [6.07, 6.45) is 4.53. The number of likely N-dealkylation sites (N-methyl/N-ethyl adjacent to an activating group) is 1. The molecule has 5 heteroatoms. The van der Waals surface area contributed by atoms with Crippen molar-refractivity contribution in [1.82, 2.24) is 14.7 Å². The second kappa shape index (κ2) is 5.82. The second-order valence-electron chi connectivity index (χ2n) is 5.76. The Labute approximate surface area is 116 Å². The maximum Gasteiger partial charge on any atom is 0.150 e. The lowest BCUT2D eigenvalue weighted by molar-refractivity contribution is 0.257. The summed E-state index contributed by atoms with van der Waals surface area (Å²) in [4.78, 5) is 4.71. The first-order valence-electron chi connectivity index (χ1n) is 7.27. The van der Waals surface area contributed by atoms with E-state index in [2.05, 4.69) is 35.9 Å². The molecule has 2 rings (SSSR count). The van der Waals surface area contributed by atoms with E-state index in [-0.39, 0.29) is 0 Å². The predicted octanol–water partition coefficient (Wildman–Crippen LogP) is 1.49. The quantitative estimate of drug-likeness (QED) is 0.896. The fourth-order valence-corrected chi connectivity index (χ4v) is 2.95. The van der Waals surface area contributed by atoms with Gasteiger partial charge in [0, 0.05) is 26.2 Å². The van der Waals surface area contributed by atoms with Crippen molar-refractivity contribution in [3.05, 3.63) is 5.69 Å². The van der Waals surface area contributed by atoms with E-state index in [1.54, 1.807) is 0 Å². The third-order valence-corrected chi connectivity index (χ3v) is 4.04. The molecule has 1 aromatic heterocycles. The zero-order valence-corrected chi connectivity index (χ0v) is 12.7. The smallest absolute Gasteiger partial charge is 0.150 e. The summed E-state index contributed by atoms with van der Waals surface area (Å²) < 4.78 is 1.96. The Morgan fingerprint density at radius 3 is 2.79 bits per heavy atom. The maximum absolute atomic E-state index is 6.30. The van der Waals surface area contributed by atoms with Gasteiger partial charge in [0.05, 0.1) is 11.4 Å². The summed E-state index contributed by atoms with van der Waals surface area (Å²) >= 11 is 0. The minimum Gasteiger partial charge on any atom is -0.394 e. The molecule has 2 heterocycles. The van der Waals surface area contributed by atoms with Crippen LogP contribution < -0.4 is 10.6 Å². The van der Waals surface area contributed by atoms with Crippen molar-refractivity contribution < 1.29 is 0 Å². The van der Waals surface area contributed by atoms with E-state index < -0.39 is 0 Å². The first-order valence-corrected chi connectivity index (χ1v) is 7.27. The van der Waals surface area contributed by atoms with Crippen LogP contribution in [-0.2, 0) is 13.5 Å². The number of aryl methyl sites for hydroxylation is 2. The monoisotopic (exact) mass is 265 g/mol. The summed E-state index contributed by atoms with van der Waals surface area (Å²) in [5, 5.41) is 4.58. The molecule has 0 bridgehead atoms. The fourth-order valence-electron chi connectivity index (χ4n) is 2.95. The van der Waals surface area contributed by atoms with Gasteiger partial charge in [-0.15, -0.1) is 0 Å².